The number of benzene rings is 3. The maximum Gasteiger partial charge on any atom is 0.142 e. The second-order valence-corrected chi connectivity index (χ2v) is 5.82. The van der Waals surface area contributed by atoms with E-state index in [1.807, 2.05) is 67.6 Å². The van der Waals surface area contributed by atoms with Crippen molar-refractivity contribution in [2.24, 2.45) is 5.16 Å². The van der Waals surface area contributed by atoms with Crippen LogP contribution in [0.4, 0.5) is 5.69 Å². The standard InChI is InChI=1S/C22H22N2O/c1-18(24-25-17-20-12-6-3-7-13-20)21-14-8-9-15-22(21)23-16-19-10-4-2-5-11-19/h2-15,23H,16-17H2,1H3/b24-18+. The summed E-state index contributed by atoms with van der Waals surface area (Å²) in [6.45, 7) is 3.21. The Balaban J connectivity index is 1.65. The molecule has 126 valence electrons. The predicted octanol–water partition coefficient (Wildman–Crippen LogP) is 5.24. The number of nitrogens with zero attached hydrogens (tertiary/aromatic N) is 1. The van der Waals surface area contributed by atoms with E-state index >= 15 is 0 Å². The first-order valence-corrected chi connectivity index (χ1v) is 8.40. The zero-order valence-electron chi connectivity index (χ0n) is 14.4. The van der Waals surface area contributed by atoms with E-state index in [2.05, 4.69) is 34.7 Å². The number of para-hydroxylation sites is 1. The normalized spacial score (nSPS) is 11.2. The van der Waals surface area contributed by atoms with E-state index in [0.29, 0.717) is 6.61 Å². The van der Waals surface area contributed by atoms with Crippen LogP contribution < -0.4 is 5.32 Å². The summed E-state index contributed by atoms with van der Waals surface area (Å²) < 4.78 is 0. The summed E-state index contributed by atoms with van der Waals surface area (Å²) in [4.78, 5) is 5.51. The van der Waals surface area contributed by atoms with Crippen molar-refractivity contribution >= 4 is 11.4 Å². The minimum atomic E-state index is 0.470. The molecule has 3 aromatic carbocycles. The quantitative estimate of drug-likeness (QED) is 0.475. The van der Waals surface area contributed by atoms with Gasteiger partial charge >= 0.3 is 0 Å². The summed E-state index contributed by atoms with van der Waals surface area (Å²) in [5, 5.41) is 7.76. The van der Waals surface area contributed by atoms with Gasteiger partial charge in [0.25, 0.3) is 0 Å². The molecule has 0 heterocycles. The Morgan fingerprint density at radius 2 is 1.40 bits per heavy atom. The summed E-state index contributed by atoms with van der Waals surface area (Å²) in [5.74, 6) is 0. The van der Waals surface area contributed by atoms with Crippen molar-refractivity contribution in [3.63, 3.8) is 0 Å². The van der Waals surface area contributed by atoms with Gasteiger partial charge in [0, 0.05) is 17.8 Å². The van der Waals surface area contributed by atoms with Crippen LogP contribution >= 0.6 is 0 Å². The van der Waals surface area contributed by atoms with Crippen LogP contribution in [0.5, 0.6) is 0 Å². The monoisotopic (exact) mass is 330 g/mol. The summed E-state index contributed by atoms with van der Waals surface area (Å²) in [6.07, 6.45) is 0. The zero-order chi connectivity index (χ0) is 17.3. The van der Waals surface area contributed by atoms with Gasteiger partial charge in [-0.3, -0.25) is 0 Å². The van der Waals surface area contributed by atoms with Gasteiger partial charge in [0.1, 0.15) is 6.61 Å². The summed E-state index contributed by atoms with van der Waals surface area (Å²) in [7, 11) is 0. The Morgan fingerprint density at radius 1 is 0.800 bits per heavy atom. The molecule has 0 bridgehead atoms. The lowest BCUT2D eigenvalue weighted by Crippen LogP contribution is -2.06. The van der Waals surface area contributed by atoms with Crippen molar-refractivity contribution in [3.05, 3.63) is 102 Å². The fourth-order valence-electron chi connectivity index (χ4n) is 2.57. The lowest BCUT2D eigenvalue weighted by atomic mass is 10.1. The third kappa shape index (κ3) is 4.95. The van der Waals surface area contributed by atoms with Crippen molar-refractivity contribution in [2.45, 2.75) is 20.1 Å². The second-order valence-electron chi connectivity index (χ2n) is 5.82. The van der Waals surface area contributed by atoms with Crippen LogP contribution in [0.15, 0.2) is 90.1 Å². The van der Waals surface area contributed by atoms with E-state index in [1.54, 1.807) is 0 Å². The molecule has 0 unspecified atom stereocenters. The Labute approximate surface area is 149 Å². The summed E-state index contributed by atoms with van der Waals surface area (Å²) in [6, 6.07) is 28.5. The molecule has 3 aromatic rings. The molecule has 0 aliphatic heterocycles. The van der Waals surface area contributed by atoms with Crippen molar-refractivity contribution in [2.75, 3.05) is 5.32 Å². The van der Waals surface area contributed by atoms with E-state index in [0.717, 1.165) is 29.1 Å². The number of rotatable bonds is 7. The second kappa shape index (κ2) is 8.69. The highest BCUT2D eigenvalue weighted by Gasteiger charge is 2.05. The van der Waals surface area contributed by atoms with E-state index in [4.69, 9.17) is 4.84 Å². The van der Waals surface area contributed by atoms with Crippen LogP contribution in [0, 0.1) is 0 Å². The molecular formula is C22H22N2O. The van der Waals surface area contributed by atoms with Crippen LogP contribution in [0.1, 0.15) is 23.6 Å². The van der Waals surface area contributed by atoms with Gasteiger partial charge in [-0.25, -0.2) is 0 Å². The Hall–Kier alpha value is -3.07. The van der Waals surface area contributed by atoms with Crippen LogP contribution in [0.2, 0.25) is 0 Å². The van der Waals surface area contributed by atoms with Crippen molar-refractivity contribution < 1.29 is 4.84 Å². The van der Waals surface area contributed by atoms with Crippen LogP contribution in [-0.4, -0.2) is 5.71 Å². The first-order valence-electron chi connectivity index (χ1n) is 8.40. The molecule has 0 atom stereocenters. The van der Waals surface area contributed by atoms with Crippen molar-refractivity contribution in [1.29, 1.82) is 0 Å². The van der Waals surface area contributed by atoms with E-state index in [9.17, 15) is 0 Å². The molecule has 0 saturated heterocycles. The average Bonchev–Trinajstić information content (AvgIpc) is 2.68. The van der Waals surface area contributed by atoms with Crippen LogP contribution in [0.3, 0.4) is 0 Å². The SMILES string of the molecule is C/C(=N\OCc1ccccc1)c1ccccc1NCc1ccccc1. The fourth-order valence-corrected chi connectivity index (χ4v) is 2.57. The number of oxime groups is 1. The van der Waals surface area contributed by atoms with Crippen molar-refractivity contribution in [3.8, 4) is 0 Å². The van der Waals surface area contributed by atoms with Gasteiger partial charge in [0.15, 0.2) is 0 Å². The van der Waals surface area contributed by atoms with Gasteiger partial charge < -0.3 is 10.2 Å². The van der Waals surface area contributed by atoms with E-state index < -0.39 is 0 Å². The van der Waals surface area contributed by atoms with E-state index in [1.165, 1.54) is 5.56 Å². The Kier molecular flexibility index (Phi) is 5.83. The molecule has 1 N–H and O–H groups in total. The van der Waals surface area contributed by atoms with Crippen LogP contribution in [0.25, 0.3) is 0 Å². The predicted molar refractivity (Wildman–Crippen MR) is 104 cm³/mol. The summed E-state index contributed by atoms with van der Waals surface area (Å²) >= 11 is 0. The first-order chi connectivity index (χ1) is 12.3. The van der Waals surface area contributed by atoms with Gasteiger partial charge in [-0.2, -0.15) is 0 Å². The third-order valence-electron chi connectivity index (χ3n) is 3.92. The topological polar surface area (TPSA) is 33.6 Å². The highest BCUT2D eigenvalue weighted by Crippen LogP contribution is 2.17. The van der Waals surface area contributed by atoms with E-state index in [-0.39, 0.29) is 0 Å². The molecule has 25 heavy (non-hydrogen) atoms. The highest BCUT2D eigenvalue weighted by atomic mass is 16.6. The van der Waals surface area contributed by atoms with Crippen LogP contribution in [-0.2, 0) is 18.0 Å². The number of anilines is 1. The smallest absolute Gasteiger partial charge is 0.142 e. The van der Waals surface area contributed by atoms with Gasteiger partial charge in [-0.15, -0.1) is 0 Å². The Morgan fingerprint density at radius 3 is 2.12 bits per heavy atom. The lowest BCUT2D eigenvalue weighted by molar-refractivity contribution is 0.130. The molecular weight excluding hydrogens is 308 g/mol. The number of hydrogen-bond donors (Lipinski definition) is 1. The molecule has 0 aromatic heterocycles. The zero-order valence-corrected chi connectivity index (χ0v) is 14.4. The number of nitrogens with one attached hydrogen (secondary N) is 1. The largest absolute Gasteiger partial charge is 0.391 e. The lowest BCUT2D eigenvalue weighted by Gasteiger charge is -2.12. The minimum Gasteiger partial charge on any atom is -0.391 e. The molecule has 0 fully saturated rings. The summed E-state index contributed by atoms with van der Waals surface area (Å²) in [5.41, 5.74) is 5.30. The average molecular weight is 330 g/mol. The maximum atomic E-state index is 5.51. The molecule has 3 heteroatoms. The molecule has 0 amide bonds. The van der Waals surface area contributed by atoms with Gasteiger partial charge in [0.2, 0.25) is 0 Å². The minimum absolute atomic E-state index is 0.470. The molecule has 0 aliphatic rings. The molecule has 0 aliphatic carbocycles. The van der Waals surface area contributed by atoms with Gasteiger partial charge in [-0.05, 0) is 24.1 Å². The molecule has 0 radical (unpaired) electrons. The molecule has 3 rings (SSSR count). The molecule has 3 nitrogen and oxygen atoms in total. The first kappa shape index (κ1) is 16.8. The number of hydrogen-bond acceptors (Lipinski definition) is 3. The molecule has 0 spiro atoms. The Bertz CT molecular complexity index is 814. The van der Waals surface area contributed by atoms with Gasteiger partial charge in [0.05, 0.1) is 5.71 Å². The molecule has 0 saturated carbocycles. The maximum absolute atomic E-state index is 5.51. The third-order valence-corrected chi connectivity index (χ3v) is 3.92. The fraction of sp³-hybridized carbons (Fsp3) is 0.136. The highest BCUT2D eigenvalue weighted by molar-refractivity contribution is 6.03. The van der Waals surface area contributed by atoms with Crippen molar-refractivity contribution in [1.82, 2.24) is 0 Å². The van der Waals surface area contributed by atoms with Gasteiger partial charge in [-0.1, -0.05) is 84.0 Å².